The molecule has 1 saturated carbocycles. The average Bonchev–Trinajstić information content (AvgIpc) is 3.07. The van der Waals surface area contributed by atoms with Gasteiger partial charge in [-0.2, -0.15) is 13.2 Å². The highest BCUT2D eigenvalue weighted by molar-refractivity contribution is 7.90. The molecule has 2 aliphatic heterocycles. The third-order valence-corrected chi connectivity index (χ3v) is 7.62. The Morgan fingerprint density at radius 1 is 1.29 bits per heavy atom. The number of benzene rings is 1. The van der Waals surface area contributed by atoms with Gasteiger partial charge in [-0.25, -0.2) is 17.2 Å². The zero-order valence-corrected chi connectivity index (χ0v) is 19.3. The molecule has 1 aromatic carbocycles. The third-order valence-electron chi connectivity index (χ3n) is 6.51. The summed E-state index contributed by atoms with van der Waals surface area (Å²) in [6.45, 7) is 1.42. The van der Waals surface area contributed by atoms with E-state index in [0.29, 0.717) is 13.3 Å². The molecule has 7 nitrogen and oxygen atoms in total. The van der Waals surface area contributed by atoms with Crippen molar-refractivity contribution in [1.82, 2.24) is 4.90 Å². The second kappa shape index (κ2) is 7.79. The molecule has 0 aromatic heterocycles. The van der Waals surface area contributed by atoms with Crippen molar-refractivity contribution in [2.45, 2.75) is 49.5 Å². The maximum atomic E-state index is 13.7. The van der Waals surface area contributed by atoms with Crippen molar-refractivity contribution in [2.24, 2.45) is 16.3 Å². The van der Waals surface area contributed by atoms with Crippen LogP contribution >= 0.6 is 0 Å². The van der Waals surface area contributed by atoms with E-state index in [0.717, 1.165) is 31.4 Å². The number of amides is 1. The predicted octanol–water partition coefficient (Wildman–Crippen LogP) is 3.33. The van der Waals surface area contributed by atoms with Gasteiger partial charge < -0.3 is 14.4 Å². The first-order valence-corrected chi connectivity index (χ1v) is 12.4. The van der Waals surface area contributed by atoms with Gasteiger partial charge in [0, 0.05) is 26.3 Å². The van der Waals surface area contributed by atoms with Crippen LogP contribution in [0.2, 0.25) is 0 Å². The van der Waals surface area contributed by atoms with Gasteiger partial charge in [-0.15, -0.1) is 0 Å². The summed E-state index contributed by atoms with van der Waals surface area (Å²) in [5, 5.41) is 0. The lowest BCUT2D eigenvalue weighted by Gasteiger charge is -2.25. The highest BCUT2D eigenvalue weighted by Crippen LogP contribution is 2.60. The third kappa shape index (κ3) is 4.46. The van der Waals surface area contributed by atoms with Gasteiger partial charge in [0.15, 0.2) is 21.8 Å². The fourth-order valence-corrected chi connectivity index (χ4v) is 4.91. The summed E-state index contributed by atoms with van der Waals surface area (Å²) >= 11 is 0. The van der Waals surface area contributed by atoms with Crippen molar-refractivity contribution < 1.29 is 44.6 Å². The highest BCUT2D eigenvalue weighted by atomic mass is 32.2. The van der Waals surface area contributed by atoms with Crippen LogP contribution in [-0.4, -0.2) is 75.3 Å². The number of fused-ring (bicyclic) bond motifs is 1. The topological polar surface area (TPSA) is 85.3 Å². The van der Waals surface area contributed by atoms with E-state index in [2.05, 4.69) is 4.99 Å². The number of halogens is 5. The van der Waals surface area contributed by atoms with E-state index < -0.39 is 52.0 Å². The smallest absolute Gasteiger partial charge is 0.427 e. The van der Waals surface area contributed by atoms with Gasteiger partial charge in [-0.1, -0.05) is 0 Å². The molecule has 34 heavy (non-hydrogen) atoms. The molecule has 2 fully saturated rings. The number of likely N-dealkylation sites (tertiary alicyclic amines) is 1. The number of sulfone groups is 1. The minimum absolute atomic E-state index is 0.0158. The standard InChI is InChI=1S/C21H23F5N2O5S/c1-11(19(2,22)23)32-15-5-4-13(34(3,30)31)6-14(15)17(29)28-9-12-7-20(12,10-28)18-27-8-16(33-18)21(24,25)26/h4-6,11-12,16H,7-10H2,1-3H3/t11-,12?,16?,20?/m0/s1. The van der Waals surface area contributed by atoms with Crippen molar-refractivity contribution in [1.29, 1.82) is 0 Å². The van der Waals surface area contributed by atoms with Crippen LogP contribution in [0.25, 0.3) is 0 Å². The monoisotopic (exact) mass is 510 g/mol. The molecule has 13 heteroatoms. The number of hydrogen-bond donors (Lipinski definition) is 0. The molecule has 4 rings (SSSR count). The Hall–Kier alpha value is -2.44. The lowest BCUT2D eigenvalue weighted by molar-refractivity contribution is -0.191. The quantitative estimate of drug-likeness (QED) is 0.549. The first-order chi connectivity index (χ1) is 15.5. The number of ether oxygens (including phenoxy) is 2. The summed E-state index contributed by atoms with van der Waals surface area (Å²) in [6.07, 6.45) is -6.75. The number of piperidine rings is 1. The number of nitrogens with zero attached hydrogens (tertiary/aromatic N) is 2. The van der Waals surface area contributed by atoms with Crippen molar-refractivity contribution >= 4 is 21.6 Å². The number of carbonyl (C=O) groups excluding carboxylic acids is 1. The molecule has 1 aliphatic carbocycles. The fraction of sp³-hybridized carbons (Fsp3) is 0.619. The molecule has 188 valence electrons. The maximum Gasteiger partial charge on any atom is 0.427 e. The number of aliphatic imine (C=N–C) groups is 1. The van der Waals surface area contributed by atoms with Gasteiger partial charge in [-0.05, 0) is 37.5 Å². The zero-order valence-electron chi connectivity index (χ0n) is 18.5. The van der Waals surface area contributed by atoms with E-state index in [1.807, 2.05) is 0 Å². The number of carbonyl (C=O) groups is 1. The van der Waals surface area contributed by atoms with Crippen molar-refractivity contribution in [3.63, 3.8) is 0 Å². The molecule has 2 heterocycles. The summed E-state index contributed by atoms with van der Waals surface area (Å²) in [4.78, 5) is 18.4. The number of rotatable bonds is 6. The largest absolute Gasteiger partial charge is 0.484 e. The second-order valence-electron chi connectivity index (χ2n) is 9.18. The maximum absolute atomic E-state index is 13.7. The van der Waals surface area contributed by atoms with Crippen LogP contribution in [0.1, 0.15) is 30.6 Å². The lowest BCUT2D eigenvalue weighted by atomic mass is 10.1. The molecule has 0 spiro atoms. The van der Waals surface area contributed by atoms with E-state index in [1.54, 1.807) is 0 Å². The van der Waals surface area contributed by atoms with E-state index >= 15 is 0 Å². The van der Waals surface area contributed by atoms with E-state index in [-0.39, 0.29) is 41.1 Å². The zero-order chi connectivity index (χ0) is 25.3. The minimum Gasteiger partial charge on any atom is -0.484 e. The van der Waals surface area contributed by atoms with Crippen LogP contribution in [0.4, 0.5) is 22.0 Å². The van der Waals surface area contributed by atoms with Crippen molar-refractivity contribution in [2.75, 3.05) is 25.9 Å². The van der Waals surface area contributed by atoms with Crippen LogP contribution < -0.4 is 4.74 Å². The predicted molar refractivity (Wildman–Crippen MR) is 110 cm³/mol. The Labute approximate surface area is 192 Å². The van der Waals surface area contributed by atoms with Gasteiger partial charge >= 0.3 is 6.18 Å². The Kier molecular flexibility index (Phi) is 5.65. The molecule has 1 saturated heterocycles. The molecule has 1 aromatic rings. The van der Waals surface area contributed by atoms with Crippen LogP contribution in [0.5, 0.6) is 5.75 Å². The summed E-state index contributed by atoms with van der Waals surface area (Å²) in [5.41, 5.74) is -1.05. The van der Waals surface area contributed by atoms with Gasteiger partial charge in [0.2, 0.25) is 6.10 Å². The molecule has 0 N–H and O–H groups in total. The summed E-state index contributed by atoms with van der Waals surface area (Å²) in [5.74, 6) is -4.32. The molecular weight excluding hydrogens is 487 g/mol. The Bertz CT molecular complexity index is 1150. The molecule has 0 radical (unpaired) electrons. The Morgan fingerprint density at radius 2 is 1.97 bits per heavy atom. The second-order valence-corrected chi connectivity index (χ2v) is 11.2. The summed E-state index contributed by atoms with van der Waals surface area (Å²) < 4.78 is 101. The number of alkyl halides is 5. The summed E-state index contributed by atoms with van der Waals surface area (Å²) in [7, 11) is -3.72. The molecule has 4 atom stereocenters. The Balaban J connectivity index is 1.58. The van der Waals surface area contributed by atoms with Crippen LogP contribution in [0, 0.1) is 11.3 Å². The van der Waals surface area contributed by atoms with Crippen molar-refractivity contribution in [3.8, 4) is 5.75 Å². The van der Waals surface area contributed by atoms with Gasteiger partial charge in [0.25, 0.3) is 11.8 Å². The van der Waals surface area contributed by atoms with Gasteiger partial charge in [-0.3, -0.25) is 9.79 Å². The SMILES string of the molecule is C[C@H](Oc1ccc(S(C)(=O)=O)cc1C(=O)N1CC2CC2(C2=NCC(C(F)(F)F)O2)C1)C(C)(F)F. The minimum atomic E-state index is -4.56. The Morgan fingerprint density at radius 3 is 2.53 bits per heavy atom. The number of hydrogen-bond acceptors (Lipinski definition) is 6. The van der Waals surface area contributed by atoms with Crippen LogP contribution in [-0.2, 0) is 14.6 Å². The first-order valence-electron chi connectivity index (χ1n) is 10.5. The average molecular weight is 510 g/mol. The first kappa shape index (κ1) is 24.7. The van der Waals surface area contributed by atoms with Gasteiger partial charge in [0.05, 0.1) is 22.4 Å². The molecule has 3 aliphatic rings. The van der Waals surface area contributed by atoms with Crippen LogP contribution in [0.3, 0.4) is 0 Å². The van der Waals surface area contributed by atoms with Crippen LogP contribution in [0.15, 0.2) is 28.1 Å². The van der Waals surface area contributed by atoms with Crippen molar-refractivity contribution in [3.05, 3.63) is 23.8 Å². The normalized spacial score (nSPS) is 27.6. The van der Waals surface area contributed by atoms with E-state index in [4.69, 9.17) is 9.47 Å². The van der Waals surface area contributed by atoms with E-state index in [9.17, 15) is 35.2 Å². The fourth-order valence-electron chi connectivity index (χ4n) is 4.26. The molecular formula is C21H23F5N2O5S. The molecule has 0 bridgehead atoms. The lowest BCUT2D eigenvalue weighted by Crippen LogP contribution is -2.37. The highest BCUT2D eigenvalue weighted by Gasteiger charge is 2.67. The summed E-state index contributed by atoms with van der Waals surface area (Å²) in [6, 6.07) is 3.37. The van der Waals surface area contributed by atoms with E-state index in [1.165, 1.54) is 4.90 Å². The van der Waals surface area contributed by atoms with Gasteiger partial charge in [0.1, 0.15) is 5.75 Å². The molecule has 3 unspecified atom stereocenters. The molecule has 1 amide bonds.